The van der Waals surface area contributed by atoms with Crippen LogP contribution in [-0.2, 0) is 12.7 Å². The molecule has 112 valence electrons. The number of anilines is 1. The second-order valence-corrected chi connectivity index (χ2v) is 4.32. The molecule has 2 aromatic rings. The van der Waals surface area contributed by atoms with Crippen LogP contribution in [0.15, 0.2) is 36.4 Å². The Balaban J connectivity index is 2.22. The Morgan fingerprint density at radius 1 is 1.00 bits per heavy atom. The summed E-state index contributed by atoms with van der Waals surface area (Å²) in [6.45, 7) is -0.220. The van der Waals surface area contributed by atoms with Gasteiger partial charge in [-0.05, 0) is 36.4 Å². The van der Waals surface area contributed by atoms with Gasteiger partial charge in [-0.2, -0.15) is 13.2 Å². The van der Waals surface area contributed by atoms with Crippen molar-refractivity contribution in [3.8, 4) is 5.75 Å². The van der Waals surface area contributed by atoms with Gasteiger partial charge in [0.25, 0.3) is 0 Å². The van der Waals surface area contributed by atoms with E-state index in [2.05, 4.69) is 5.32 Å². The van der Waals surface area contributed by atoms with Gasteiger partial charge in [0, 0.05) is 12.1 Å². The largest absolute Gasteiger partial charge is 0.508 e. The molecule has 0 bridgehead atoms. The van der Waals surface area contributed by atoms with Crippen LogP contribution in [0.5, 0.6) is 5.75 Å². The summed E-state index contributed by atoms with van der Waals surface area (Å²) < 4.78 is 64.1. The molecule has 0 atom stereocenters. The van der Waals surface area contributed by atoms with E-state index in [1.807, 2.05) is 0 Å². The lowest BCUT2D eigenvalue weighted by Crippen LogP contribution is -2.08. The number of phenolic OH excluding ortho intramolecular Hbond substituents is 1. The Morgan fingerprint density at radius 2 is 1.71 bits per heavy atom. The number of aromatic hydroxyl groups is 1. The first-order valence-corrected chi connectivity index (χ1v) is 5.85. The molecule has 0 aliphatic heterocycles. The van der Waals surface area contributed by atoms with E-state index in [9.17, 15) is 27.1 Å². The average Bonchev–Trinajstić information content (AvgIpc) is 2.40. The van der Waals surface area contributed by atoms with Crippen molar-refractivity contribution < 1.29 is 27.1 Å². The highest BCUT2D eigenvalue weighted by atomic mass is 19.4. The minimum Gasteiger partial charge on any atom is -0.508 e. The monoisotopic (exact) mass is 303 g/mol. The molecular formula is C14H10F5NO. The van der Waals surface area contributed by atoms with Gasteiger partial charge in [-0.1, -0.05) is 0 Å². The lowest BCUT2D eigenvalue weighted by Gasteiger charge is -2.12. The van der Waals surface area contributed by atoms with Crippen molar-refractivity contribution in [2.75, 3.05) is 5.32 Å². The lowest BCUT2D eigenvalue weighted by molar-refractivity contribution is -0.137. The van der Waals surface area contributed by atoms with Crippen molar-refractivity contribution in [2.24, 2.45) is 0 Å². The van der Waals surface area contributed by atoms with Crippen LogP contribution >= 0.6 is 0 Å². The maximum atomic E-state index is 13.5. The van der Waals surface area contributed by atoms with Crippen molar-refractivity contribution in [2.45, 2.75) is 12.7 Å². The van der Waals surface area contributed by atoms with Crippen LogP contribution in [0, 0.1) is 11.6 Å². The van der Waals surface area contributed by atoms with Crippen LogP contribution in [0.1, 0.15) is 11.1 Å². The van der Waals surface area contributed by atoms with E-state index in [-0.39, 0.29) is 23.5 Å². The molecule has 0 fully saturated rings. The normalized spacial score (nSPS) is 11.5. The number of halogens is 5. The predicted molar refractivity (Wildman–Crippen MR) is 66.8 cm³/mol. The Hall–Kier alpha value is -2.31. The van der Waals surface area contributed by atoms with Crippen molar-refractivity contribution in [3.05, 3.63) is 59.2 Å². The van der Waals surface area contributed by atoms with E-state index in [1.54, 1.807) is 0 Å². The average molecular weight is 303 g/mol. The minimum atomic E-state index is -4.59. The van der Waals surface area contributed by atoms with E-state index in [4.69, 9.17) is 0 Å². The second-order valence-electron chi connectivity index (χ2n) is 4.32. The molecule has 2 rings (SSSR count). The number of hydrogen-bond donors (Lipinski definition) is 2. The number of alkyl halides is 3. The van der Waals surface area contributed by atoms with E-state index < -0.39 is 23.4 Å². The molecule has 0 amide bonds. The molecule has 2 aromatic carbocycles. The molecule has 0 unspecified atom stereocenters. The Bertz CT molecular complexity index is 654. The third kappa shape index (κ3) is 3.62. The highest BCUT2D eigenvalue weighted by Crippen LogP contribution is 2.32. The fraction of sp³-hybridized carbons (Fsp3) is 0.143. The third-order valence-corrected chi connectivity index (χ3v) is 2.80. The van der Waals surface area contributed by atoms with E-state index in [1.165, 1.54) is 0 Å². The molecule has 0 aliphatic carbocycles. The summed E-state index contributed by atoms with van der Waals surface area (Å²) in [6, 6.07) is 5.08. The summed E-state index contributed by atoms with van der Waals surface area (Å²) in [5.41, 5.74) is -1.28. The highest BCUT2D eigenvalue weighted by molar-refractivity contribution is 5.49. The smallest absolute Gasteiger partial charge is 0.416 e. The maximum Gasteiger partial charge on any atom is 0.416 e. The van der Waals surface area contributed by atoms with Crippen LogP contribution < -0.4 is 5.32 Å². The zero-order valence-corrected chi connectivity index (χ0v) is 10.5. The van der Waals surface area contributed by atoms with Crippen LogP contribution in [0.4, 0.5) is 27.6 Å². The summed E-state index contributed by atoms with van der Waals surface area (Å²) in [6.07, 6.45) is -4.59. The van der Waals surface area contributed by atoms with Crippen molar-refractivity contribution in [3.63, 3.8) is 0 Å². The molecule has 0 aliphatic rings. The van der Waals surface area contributed by atoms with Crippen molar-refractivity contribution in [1.82, 2.24) is 0 Å². The first kappa shape index (κ1) is 15.1. The van der Waals surface area contributed by atoms with Crippen LogP contribution in [0.2, 0.25) is 0 Å². The maximum absolute atomic E-state index is 13.5. The summed E-state index contributed by atoms with van der Waals surface area (Å²) in [4.78, 5) is 0. The lowest BCUT2D eigenvalue weighted by atomic mass is 10.1. The molecule has 7 heteroatoms. The standard InChI is InChI=1S/C14H10F5NO/c15-10-2-4-13(21)8(5-10)7-20-12-6-9(14(17,18)19)1-3-11(12)16/h1-6,20-21H,7H2. The van der Waals surface area contributed by atoms with E-state index in [0.29, 0.717) is 18.2 Å². The molecule has 0 saturated heterocycles. The number of rotatable bonds is 3. The summed E-state index contributed by atoms with van der Waals surface area (Å²) in [7, 11) is 0. The van der Waals surface area contributed by atoms with Gasteiger partial charge in [0.15, 0.2) is 0 Å². The fourth-order valence-corrected chi connectivity index (χ4v) is 1.72. The Labute approximate surface area is 116 Å². The topological polar surface area (TPSA) is 32.3 Å². The summed E-state index contributed by atoms with van der Waals surface area (Å²) in [5.74, 6) is -1.73. The van der Waals surface area contributed by atoms with Gasteiger partial charge in [-0.15, -0.1) is 0 Å². The Morgan fingerprint density at radius 3 is 2.38 bits per heavy atom. The quantitative estimate of drug-likeness (QED) is 0.829. The predicted octanol–water partition coefficient (Wildman–Crippen LogP) is 4.30. The Kier molecular flexibility index (Phi) is 4.02. The number of hydrogen-bond acceptors (Lipinski definition) is 2. The molecule has 2 nitrogen and oxygen atoms in total. The van der Waals surface area contributed by atoms with Gasteiger partial charge in [0.1, 0.15) is 17.4 Å². The molecule has 21 heavy (non-hydrogen) atoms. The molecule has 2 N–H and O–H groups in total. The number of benzene rings is 2. The van der Waals surface area contributed by atoms with Crippen molar-refractivity contribution >= 4 is 5.69 Å². The zero-order chi connectivity index (χ0) is 15.6. The molecule has 0 aromatic heterocycles. The molecular weight excluding hydrogens is 293 g/mol. The highest BCUT2D eigenvalue weighted by Gasteiger charge is 2.31. The van der Waals surface area contributed by atoms with Gasteiger partial charge in [-0.3, -0.25) is 0 Å². The van der Waals surface area contributed by atoms with Gasteiger partial charge in [0.05, 0.1) is 11.3 Å². The molecule has 0 heterocycles. The third-order valence-electron chi connectivity index (χ3n) is 2.80. The van der Waals surface area contributed by atoms with Crippen LogP contribution in [-0.4, -0.2) is 5.11 Å². The number of nitrogens with one attached hydrogen (secondary N) is 1. The molecule has 0 radical (unpaired) electrons. The first-order valence-electron chi connectivity index (χ1n) is 5.85. The van der Waals surface area contributed by atoms with Gasteiger partial charge >= 0.3 is 6.18 Å². The summed E-state index contributed by atoms with van der Waals surface area (Å²) >= 11 is 0. The van der Waals surface area contributed by atoms with Gasteiger partial charge in [-0.25, -0.2) is 8.78 Å². The van der Waals surface area contributed by atoms with Crippen LogP contribution in [0.3, 0.4) is 0 Å². The van der Waals surface area contributed by atoms with Gasteiger partial charge < -0.3 is 10.4 Å². The van der Waals surface area contributed by atoms with Crippen LogP contribution in [0.25, 0.3) is 0 Å². The SMILES string of the molecule is Oc1ccc(F)cc1CNc1cc(C(F)(F)F)ccc1F. The van der Waals surface area contributed by atoms with E-state index >= 15 is 0 Å². The first-order chi connectivity index (χ1) is 9.77. The van der Waals surface area contributed by atoms with Crippen molar-refractivity contribution in [1.29, 1.82) is 0 Å². The summed E-state index contributed by atoms with van der Waals surface area (Å²) in [5, 5.41) is 11.9. The molecule has 0 saturated carbocycles. The molecule has 0 spiro atoms. The second kappa shape index (κ2) is 5.59. The van der Waals surface area contributed by atoms with Gasteiger partial charge in [0.2, 0.25) is 0 Å². The number of phenols is 1. The van der Waals surface area contributed by atoms with E-state index in [0.717, 1.165) is 18.2 Å². The fourth-order valence-electron chi connectivity index (χ4n) is 1.72. The minimum absolute atomic E-state index is 0.104. The zero-order valence-electron chi connectivity index (χ0n) is 10.5.